The SMILES string of the molecule is NC(Cc1ccoc1)c1cnc2ccccc2n1. The molecule has 3 aromatic rings. The van der Waals surface area contributed by atoms with Crippen LogP contribution in [0.5, 0.6) is 0 Å². The molecule has 0 aliphatic carbocycles. The third-order valence-corrected chi connectivity index (χ3v) is 2.88. The maximum absolute atomic E-state index is 6.13. The van der Waals surface area contributed by atoms with Crippen molar-refractivity contribution in [1.82, 2.24) is 9.97 Å². The normalized spacial score (nSPS) is 12.7. The van der Waals surface area contributed by atoms with Crippen LogP contribution >= 0.6 is 0 Å². The van der Waals surface area contributed by atoms with Gasteiger partial charge in [-0.05, 0) is 30.2 Å². The molecule has 0 bridgehead atoms. The Bertz CT molecular complexity index is 649. The minimum atomic E-state index is -0.167. The highest BCUT2D eigenvalue weighted by Gasteiger charge is 2.10. The van der Waals surface area contributed by atoms with E-state index in [2.05, 4.69) is 9.97 Å². The second kappa shape index (κ2) is 4.58. The summed E-state index contributed by atoms with van der Waals surface area (Å²) in [6, 6.07) is 9.52. The third-order valence-electron chi connectivity index (χ3n) is 2.88. The van der Waals surface area contributed by atoms with Gasteiger partial charge in [0.25, 0.3) is 0 Å². The number of hydrogen-bond donors (Lipinski definition) is 1. The number of hydrogen-bond acceptors (Lipinski definition) is 4. The molecular formula is C14H13N3O. The molecule has 0 aliphatic heterocycles. The average Bonchev–Trinajstić information content (AvgIpc) is 2.91. The van der Waals surface area contributed by atoms with E-state index in [1.165, 1.54) is 0 Å². The number of nitrogens with two attached hydrogens (primary N) is 1. The molecule has 0 saturated carbocycles. The Labute approximate surface area is 104 Å². The predicted molar refractivity (Wildman–Crippen MR) is 68.9 cm³/mol. The Kier molecular flexibility index (Phi) is 2.78. The monoisotopic (exact) mass is 239 g/mol. The maximum Gasteiger partial charge on any atom is 0.0935 e. The van der Waals surface area contributed by atoms with Gasteiger partial charge >= 0.3 is 0 Å². The van der Waals surface area contributed by atoms with Gasteiger partial charge in [-0.25, -0.2) is 4.98 Å². The molecule has 2 aromatic heterocycles. The smallest absolute Gasteiger partial charge is 0.0935 e. The molecule has 0 saturated heterocycles. The maximum atomic E-state index is 6.13. The molecule has 0 fully saturated rings. The highest BCUT2D eigenvalue weighted by atomic mass is 16.3. The molecule has 0 amide bonds. The van der Waals surface area contributed by atoms with Crippen LogP contribution in [-0.2, 0) is 6.42 Å². The van der Waals surface area contributed by atoms with Crippen molar-refractivity contribution in [2.24, 2.45) is 5.73 Å². The number of nitrogens with zero attached hydrogens (tertiary/aromatic N) is 2. The van der Waals surface area contributed by atoms with Crippen molar-refractivity contribution in [3.05, 3.63) is 60.3 Å². The van der Waals surface area contributed by atoms with Crippen LogP contribution in [-0.4, -0.2) is 9.97 Å². The molecule has 2 N–H and O–H groups in total. The van der Waals surface area contributed by atoms with E-state index in [9.17, 15) is 0 Å². The van der Waals surface area contributed by atoms with E-state index < -0.39 is 0 Å². The number of benzene rings is 1. The average molecular weight is 239 g/mol. The molecule has 4 heteroatoms. The number of fused-ring (bicyclic) bond motifs is 1. The Balaban J connectivity index is 1.89. The fourth-order valence-corrected chi connectivity index (χ4v) is 1.92. The van der Waals surface area contributed by atoms with Crippen molar-refractivity contribution in [3.63, 3.8) is 0 Å². The molecule has 0 aliphatic rings. The summed E-state index contributed by atoms with van der Waals surface area (Å²) in [5.41, 5.74) is 9.76. The van der Waals surface area contributed by atoms with Crippen molar-refractivity contribution < 1.29 is 4.42 Å². The van der Waals surface area contributed by atoms with E-state index in [0.717, 1.165) is 22.3 Å². The van der Waals surface area contributed by atoms with E-state index in [-0.39, 0.29) is 6.04 Å². The third kappa shape index (κ3) is 2.10. The van der Waals surface area contributed by atoms with Crippen molar-refractivity contribution in [3.8, 4) is 0 Å². The first-order valence-corrected chi connectivity index (χ1v) is 5.81. The predicted octanol–water partition coefficient (Wildman–Crippen LogP) is 2.47. The first kappa shape index (κ1) is 10.9. The molecule has 90 valence electrons. The lowest BCUT2D eigenvalue weighted by atomic mass is 10.1. The molecule has 2 heterocycles. The molecule has 1 unspecified atom stereocenters. The summed E-state index contributed by atoms with van der Waals surface area (Å²) < 4.78 is 5.03. The number of para-hydroxylation sites is 2. The number of aromatic nitrogens is 2. The van der Waals surface area contributed by atoms with Crippen LogP contribution in [0.15, 0.2) is 53.5 Å². The quantitative estimate of drug-likeness (QED) is 0.762. The Morgan fingerprint density at radius 1 is 1.17 bits per heavy atom. The van der Waals surface area contributed by atoms with Crippen LogP contribution in [0.4, 0.5) is 0 Å². The first-order valence-electron chi connectivity index (χ1n) is 5.81. The van der Waals surface area contributed by atoms with Gasteiger partial charge in [-0.15, -0.1) is 0 Å². The zero-order valence-corrected chi connectivity index (χ0v) is 9.78. The van der Waals surface area contributed by atoms with Gasteiger partial charge in [0.05, 0.1) is 41.5 Å². The van der Waals surface area contributed by atoms with E-state index in [1.807, 2.05) is 30.3 Å². The van der Waals surface area contributed by atoms with Gasteiger partial charge in [-0.3, -0.25) is 4.98 Å². The van der Waals surface area contributed by atoms with E-state index >= 15 is 0 Å². The lowest BCUT2D eigenvalue weighted by Crippen LogP contribution is -2.15. The van der Waals surface area contributed by atoms with Crippen molar-refractivity contribution in [2.45, 2.75) is 12.5 Å². The van der Waals surface area contributed by atoms with E-state index in [4.69, 9.17) is 10.2 Å². The van der Waals surface area contributed by atoms with Crippen LogP contribution in [0.25, 0.3) is 11.0 Å². The number of rotatable bonds is 3. The summed E-state index contributed by atoms with van der Waals surface area (Å²) in [6.07, 6.45) is 5.79. The van der Waals surface area contributed by atoms with Gasteiger partial charge < -0.3 is 10.2 Å². The van der Waals surface area contributed by atoms with Gasteiger partial charge in [0.1, 0.15) is 0 Å². The molecule has 0 spiro atoms. The fourth-order valence-electron chi connectivity index (χ4n) is 1.92. The van der Waals surface area contributed by atoms with Crippen molar-refractivity contribution >= 4 is 11.0 Å². The summed E-state index contributed by atoms with van der Waals surface area (Å²) in [5, 5.41) is 0. The molecule has 1 aromatic carbocycles. The van der Waals surface area contributed by atoms with Crippen LogP contribution in [0.2, 0.25) is 0 Å². The van der Waals surface area contributed by atoms with Crippen LogP contribution in [0.1, 0.15) is 17.3 Å². The lowest BCUT2D eigenvalue weighted by Gasteiger charge is -2.09. The Hall–Kier alpha value is -2.20. The van der Waals surface area contributed by atoms with Crippen molar-refractivity contribution in [2.75, 3.05) is 0 Å². The zero-order chi connectivity index (χ0) is 12.4. The van der Waals surface area contributed by atoms with Crippen LogP contribution < -0.4 is 5.73 Å². The molecule has 1 atom stereocenters. The van der Waals surface area contributed by atoms with Gasteiger partial charge in [-0.1, -0.05) is 12.1 Å². The summed E-state index contributed by atoms with van der Waals surface area (Å²) >= 11 is 0. The second-order valence-electron chi connectivity index (χ2n) is 4.23. The topological polar surface area (TPSA) is 64.9 Å². The summed E-state index contributed by atoms with van der Waals surface area (Å²) in [4.78, 5) is 8.90. The van der Waals surface area contributed by atoms with Gasteiger partial charge in [0.2, 0.25) is 0 Å². The second-order valence-corrected chi connectivity index (χ2v) is 4.23. The van der Waals surface area contributed by atoms with E-state index in [1.54, 1.807) is 18.7 Å². The van der Waals surface area contributed by atoms with Crippen molar-refractivity contribution in [1.29, 1.82) is 0 Å². The summed E-state index contributed by atoms with van der Waals surface area (Å²) in [6.45, 7) is 0. The highest BCUT2D eigenvalue weighted by Crippen LogP contribution is 2.16. The molecule has 4 nitrogen and oxygen atoms in total. The molecular weight excluding hydrogens is 226 g/mol. The Morgan fingerprint density at radius 2 is 2.00 bits per heavy atom. The molecule has 18 heavy (non-hydrogen) atoms. The zero-order valence-electron chi connectivity index (χ0n) is 9.78. The van der Waals surface area contributed by atoms with Gasteiger partial charge in [0, 0.05) is 0 Å². The van der Waals surface area contributed by atoms with Crippen LogP contribution in [0.3, 0.4) is 0 Å². The summed E-state index contributed by atoms with van der Waals surface area (Å²) in [5.74, 6) is 0. The van der Waals surface area contributed by atoms with Gasteiger partial charge in [0.15, 0.2) is 0 Å². The Morgan fingerprint density at radius 3 is 2.78 bits per heavy atom. The molecule has 3 rings (SSSR count). The fraction of sp³-hybridized carbons (Fsp3) is 0.143. The van der Waals surface area contributed by atoms with E-state index in [0.29, 0.717) is 6.42 Å². The standard InChI is InChI=1S/C14H13N3O/c15-11(7-10-5-6-18-9-10)14-8-16-12-3-1-2-4-13(12)17-14/h1-6,8-9,11H,7,15H2. The minimum absolute atomic E-state index is 0.167. The first-order chi connectivity index (χ1) is 8.83. The minimum Gasteiger partial charge on any atom is -0.472 e. The molecule has 0 radical (unpaired) electrons. The highest BCUT2D eigenvalue weighted by molar-refractivity contribution is 5.73. The van der Waals surface area contributed by atoms with Gasteiger partial charge in [-0.2, -0.15) is 0 Å². The summed E-state index contributed by atoms with van der Waals surface area (Å²) in [7, 11) is 0. The number of furan rings is 1. The lowest BCUT2D eigenvalue weighted by molar-refractivity contribution is 0.560. The largest absolute Gasteiger partial charge is 0.472 e. The van der Waals surface area contributed by atoms with Crippen LogP contribution in [0, 0.1) is 0 Å².